The molecule has 0 atom stereocenters. The average Bonchev–Trinajstić information content (AvgIpc) is 2.37. The van der Waals surface area contributed by atoms with Gasteiger partial charge in [-0.1, -0.05) is 12.1 Å². The van der Waals surface area contributed by atoms with Gasteiger partial charge in [-0.3, -0.25) is 4.79 Å². The summed E-state index contributed by atoms with van der Waals surface area (Å²) in [4.78, 5) is 13.0. The highest BCUT2D eigenvalue weighted by Gasteiger charge is 2.17. The number of hydrogen-bond acceptors (Lipinski definition) is 2. The SMILES string of the molecule is CC(=O)c1cccc(F)c1N(C)c1cccc(F)c1. The van der Waals surface area contributed by atoms with Crippen LogP contribution in [0, 0.1) is 11.6 Å². The maximum Gasteiger partial charge on any atom is 0.162 e. The fourth-order valence-corrected chi connectivity index (χ4v) is 1.95. The molecule has 0 amide bonds. The second kappa shape index (κ2) is 5.18. The lowest BCUT2D eigenvalue weighted by molar-refractivity contribution is 0.101. The van der Waals surface area contributed by atoms with Gasteiger partial charge in [0.2, 0.25) is 0 Å². The molecule has 0 aliphatic heterocycles. The summed E-state index contributed by atoms with van der Waals surface area (Å²) in [5.41, 5.74) is 0.903. The number of hydrogen-bond donors (Lipinski definition) is 0. The Morgan fingerprint density at radius 1 is 1.11 bits per heavy atom. The number of nitrogens with zero attached hydrogens (tertiary/aromatic N) is 1. The third kappa shape index (κ3) is 2.62. The number of Topliss-reactive ketones (excluding diaryl/α,β-unsaturated/α-hetero) is 1. The molecule has 98 valence electrons. The van der Waals surface area contributed by atoms with Gasteiger partial charge >= 0.3 is 0 Å². The summed E-state index contributed by atoms with van der Waals surface area (Å²) in [6.45, 7) is 1.37. The fraction of sp³-hybridized carbons (Fsp3) is 0.133. The van der Waals surface area contributed by atoms with Gasteiger partial charge in [0.15, 0.2) is 5.78 Å². The van der Waals surface area contributed by atoms with E-state index in [4.69, 9.17) is 0 Å². The lowest BCUT2D eigenvalue weighted by Crippen LogP contribution is -2.15. The summed E-state index contributed by atoms with van der Waals surface area (Å²) < 4.78 is 27.2. The number of benzene rings is 2. The van der Waals surface area contributed by atoms with Crippen molar-refractivity contribution in [2.24, 2.45) is 0 Å². The molecule has 0 saturated heterocycles. The third-order valence-electron chi connectivity index (χ3n) is 2.90. The molecule has 19 heavy (non-hydrogen) atoms. The van der Waals surface area contributed by atoms with Crippen molar-refractivity contribution < 1.29 is 13.6 Å². The monoisotopic (exact) mass is 261 g/mol. The normalized spacial score (nSPS) is 10.3. The Labute approximate surface area is 110 Å². The lowest BCUT2D eigenvalue weighted by atomic mass is 10.1. The topological polar surface area (TPSA) is 20.3 Å². The van der Waals surface area contributed by atoms with Gasteiger partial charge in [-0.15, -0.1) is 0 Å². The first kappa shape index (κ1) is 13.2. The first-order valence-corrected chi connectivity index (χ1v) is 5.79. The Morgan fingerprint density at radius 2 is 1.79 bits per heavy atom. The molecule has 0 bridgehead atoms. The van der Waals surface area contributed by atoms with Crippen LogP contribution in [-0.2, 0) is 0 Å². The molecule has 0 aliphatic carbocycles. The standard InChI is InChI=1S/C15H13F2NO/c1-10(19)13-7-4-8-14(17)15(13)18(2)12-6-3-5-11(16)9-12/h3-9H,1-2H3. The number of halogens is 2. The van der Waals surface area contributed by atoms with Crippen molar-refractivity contribution in [2.75, 3.05) is 11.9 Å². The summed E-state index contributed by atoms with van der Waals surface area (Å²) in [5.74, 6) is -1.16. The van der Waals surface area contributed by atoms with Gasteiger partial charge in [0.1, 0.15) is 11.6 Å². The van der Waals surface area contributed by atoms with Crippen LogP contribution < -0.4 is 4.90 Å². The van der Waals surface area contributed by atoms with Crippen molar-refractivity contribution in [3.8, 4) is 0 Å². The van der Waals surface area contributed by atoms with Crippen LogP contribution in [0.3, 0.4) is 0 Å². The molecule has 4 heteroatoms. The van der Waals surface area contributed by atoms with Crippen LogP contribution >= 0.6 is 0 Å². The summed E-state index contributed by atoms with van der Waals surface area (Å²) in [6, 6.07) is 10.1. The predicted octanol–water partition coefficient (Wildman–Crippen LogP) is 3.94. The van der Waals surface area contributed by atoms with Gasteiger partial charge in [-0.25, -0.2) is 8.78 Å². The second-order valence-electron chi connectivity index (χ2n) is 4.23. The van der Waals surface area contributed by atoms with E-state index in [1.807, 2.05) is 0 Å². The zero-order valence-electron chi connectivity index (χ0n) is 10.7. The molecule has 0 unspecified atom stereocenters. The first-order chi connectivity index (χ1) is 9.00. The number of ketones is 1. The highest BCUT2D eigenvalue weighted by molar-refractivity contribution is 6.00. The molecular formula is C15H13F2NO. The number of carbonyl (C=O) groups excluding carboxylic acids is 1. The van der Waals surface area contributed by atoms with E-state index in [2.05, 4.69) is 0 Å². The Morgan fingerprint density at radius 3 is 2.42 bits per heavy atom. The highest BCUT2D eigenvalue weighted by atomic mass is 19.1. The van der Waals surface area contributed by atoms with Crippen molar-refractivity contribution in [2.45, 2.75) is 6.92 Å². The van der Waals surface area contributed by atoms with Crippen LogP contribution in [0.5, 0.6) is 0 Å². The van der Waals surface area contributed by atoms with Crippen LogP contribution in [0.1, 0.15) is 17.3 Å². The molecule has 2 rings (SSSR count). The average molecular weight is 261 g/mol. The van der Waals surface area contributed by atoms with Crippen molar-refractivity contribution in [1.82, 2.24) is 0 Å². The summed E-state index contributed by atoms with van der Waals surface area (Å²) in [7, 11) is 1.60. The van der Waals surface area contributed by atoms with Crippen molar-refractivity contribution >= 4 is 17.2 Å². The van der Waals surface area contributed by atoms with Gasteiger partial charge in [0, 0.05) is 18.3 Å². The Hall–Kier alpha value is -2.23. The molecule has 2 nitrogen and oxygen atoms in total. The Balaban J connectivity index is 2.55. The number of rotatable bonds is 3. The number of para-hydroxylation sites is 1. The first-order valence-electron chi connectivity index (χ1n) is 5.79. The quantitative estimate of drug-likeness (QED) is 0.780. The van der Waals surface area contributed by atoms with E-state index in [-0.39, 0.29) is 17.0 Å². The van der Waals surface area contributed by atoms with Crippen LogP contribution in [0.25, 0.3) is 0 Å². The van der Waals surface area contributed by atoms with E-state index in [1.165, 1.54) is 42.2 Å². The third-order valence-corrected chi connectivity index (χ3v) is 2.90. The summed E-state index contributed by atoms with van der Waals surface area (Å²) in [5, 5.41) is 0. The van der Waals surface area contributed by atoms with E-state index in [0.29, 0.717) is 5.69 Å². The second-order valence-corrected chi connectivity index (χ2v) is 4.23. The van der Waals surface area contributed by atoms with Crippen molar-refractivity contribution in [3.05, 3.63) is 59.7 Å². The van der Waals surface area contributed by atoms with E-state index in [0.717, 1.165) is 0 Å². The molecule has 0 spiro atoms. The molecule has 0 radical (unpaired) electrons. The molecule has 0 N–H and O–H groups in total. The maximum atomic E-state index is 14.0. The van der Waals surface area contributed by atoms with Crippen LogP contribution in [0.4, 0.5) is 20.2 Å². The zero-order chi connectivity index (χ0) is 14.0. The maximum absolute atomic E-state index is 14.0. The minimum Gasteiger partial charge on any atom is -0.342 e. The molecule has 0 aliphatic rings. The lowest BCUT2D eigenvalue weighted by Gasteiger charge is -2.22. The van der Waals surface area contributed by atoms with Gasteiger partial charge in [0.25, 0.3) is 0 Å². The van der Waals surface area contributed by atoms with Gasteiger partial charge in [-0.05, 0) is 37.3 Å². The Kier molecular flexibility index (Phi) is 3.60. The molecule has 0 heterocycles. The summed E-state index contributed by atoms with van der Waals surface area (Å²) in [6.07, 6.45) is 0. The number of carbonyl (C=O) groups is 1. The van der Waals surface area contributed by atoms with Gasteiger partial charge in [-0.2, -0.15) is 0 Å². The molecular weight excluding hydrogens is 248 g/mol. The van der Waals surface area contributed by atoms with E-state index in [1.54, 1.807) is 19.2 Å². The van der Waals surface area contributed by atoms with Crippen LogP contribution in [0.15, 0.2) is 42.5 Å². The minimum absolute atomic E-state index is 0.153. The zero-order valence-corrected chi connectivity index (χ0v) is 10.7. The fourth-order valence-electron chi connectivity index (χ4n) is 1.95. The van der Waals surface area contributed by atoms with E-state index in [9.17, 15) is 13.6 Å². The van der Waals surface area contributed by atoms with Gasteiger partial charge < -0.3 is 4.90 Å². The predicted molar refractivity (Wildman–Crippen MR) is 70.9 cm³/mol. The molecule has 0 aromatic heterocycles. The summed E-state index contributed by atoms with van der Waals surface area (Å²) >= 11 is 0. The smallest absolute Gasteiger partial charge is 0.162 e. The van der Waals surface area contributed by atoms with Crippen molar-refractivity contribution in [1.29, 1.82) is 0 Å². The molecule has 2 aromatic carbocycles. The van der Waals surface area contributed by atoms with Gasteiger partial charge in [0.05, 0.1) is 5.69 Å². The van der Waals surface area contributed by atoms with Crippen LogP contribution in [-0.4, -0.2) is 12.8 Å². The van der Waals surface area contributed by atoms with E-state index >= 15 is 0 Å². The molecule has 2 aromatic rings. The molecule has 0 saturated carbocycles. The highest BCUT2D eigenvalue weighted by Crippen LogP contribution is 2.30. The minimum atomic E-state index is -0.514. The van der Waals surface area contributed by atoms with Crippen LogP contribution in [0.2, 0.25) is 0 Å². The van der Waals surface area contributed by atoms with Crippen molar-refractivity contribution in [3.63, 3.8) is 0 Å². The number of anilines is 2. The van der Waals surface area contributed by atoms with E-state index < -0.39 is 11.6 Å². The molecule has 0 fully saturated rings. The Bertz CT molecular complexity index is 625. The largest absolute Gasteiger partial charge is 0.342 e.